The summed E-state index contributed by atoms with van der Waals surface area (Å²) in [6.07, 6.45) is 11.5. The molecule has 0 radical (unpaired) electrons. The van der Waals surface area contributed by atoms with Crippen molar-refractivity contribution < 1.29 is 49.6 Å². The molecule has 5 saturated carbocycles. The van der Waals surface area contributed by atoms with Gasteiger partial charge < -0.3 is 44.8 Å². The van der Waals surface area contributed by atoms with Gasteiger partial charge in [-0.1, -0.05) is 101 Å². The molecule has 4 bridgehead atoms. The van der Waals surface area contributed by atoms with E-state index in [0.717, 1.165) is 50.5 Å². The lowest BCUT2D eigenvalue weighted by Gasteiger charge is -2.78. The summed E-state index contributed by atoms with van der Waals surface area (Å²) in [5.74, 6) is -0.269. The third kappa shape index (κ3) is 5.96. The molecule has 10 heteroatoms. The van der Waals surface area contributed by atoms with Crippen LogP contribution in [-0.4, -0.2) is 93.2 Å². The third-order valence-corrected chi connectivity index (χ3v) is 19.1. The highest BCUT2D eigenvalue weighted by Crippen LogP contribution is 2.81. The van der Waals surface area contributed by atoms with Gasteiger partial charge in [-0.25, -0.2) is 0 Å². The predicted molar refractivity (Wildman–Crippen MR) is 220 cm³/mol. The van der Waals surface area contributed by atoms with Gasteiger partial charge in [0.25, 0.3) is 0 Å². The Morgan fingerprint density at radius 1 is 0.881 bits per heavy atom. The molecule has 0 spiro atoms. The minimum Gasteiger partial charge on any atom is -0.481 e. The Morgan fingerprint density at radius 2 is 1.61 bits per heavy atom. The number of aliphatic hydroxyl groups is 5. The molecule has 8 aliphatic rings. The van der Waals surface area contributed by atoms with Crippen molar-refractivity contribution in [2.24, 2.45) is 68.0 Å². The Bertz CT molecular complexity index is 1790. The number of carbonyl (C=O) groups is 1. The van der Waals surface area contributed by atoms with E-state index in [0.29, 0.717) is 38.2 Å². The minimum atomic E-state index is -1.48. The zero-order valence-corrected chi connectivity index (χ0v) is 35.7. The molecule has 1 aliphatic heterocycles. The predicted octanol–water partition coefficient (Wildman–Crippen LogP) is 6.42. The molecule has 1 aromatic rings. The second-order valence-electron chi connectivity index (χ2n) is 21.7. The molecular formula is C49H70O10. The fourth-order valence-corrected chi connectivity index (χ4v) is 16.0. The molecule has 6 N–H and O–H groups in total. The molecule has 6 fully saturated rings. The summed E-state index contributed by atoms with van der Waals surface area (Å²) < 4.78 is 20.1. The van der Waals surface area contributed by atoms with Crippen LogP contribution in [0.15, 0.2) is 54.1 Å². The number of carboxylic acids is 1. The molecule has 17 atom stereocenters. The van der Waals surface area contributed by atoms with E-state index in [1.54, 1.807) is 0 Å². The summed E-state index contributed by atoms with van der Waals surface area (Å²) in [5, 5.41) is 66.1. The van der Waals surface area contributed by atoms with Crippen molar-refractivity contribution in [1.82, 2.24) is 0 Å². The van der Waals surface area contributed by atoms with Crippen LogP contribution in [0.25, 0.3) is 0 Å². The van der Waals surface area contributed by atoms with Crippen molar-refractivity contribution in [2.75, 3.05) is 19.8 Å². The van der Waals surface area contributed by atoms with Gasteiger partial charge in [-0.05, 0) is 115 Å². The van der Waals surface area contributed by atoms with Gasteiger partial charge in [-0.3, -0.25) is 4.79 Å². The molecular weight excluding hydrogens is 749 g/mol. The number of carboxylic acid groups (broad SMARTS) is 1. The molecule has 59 heavy (non-hydrogen) atoms. The van der Waals surface area contributed by atoms with E-state index in [-0.39, 0.29) is 71.1 Å². The average molecular weight is 819 g/mol. The van der Waals surface area contributed by atoms with E-state index in [1.807, 2.05) is 18.2 Å². The van der Waals surface area contributed by atoms with Crippen molar-refractivity contribution in [3.63, 3.8) is 0 Å². The van der Waals surface area contributed by atoms with Gasteiger partial charge in [0.15, 0.2) is 6.29 Å². The van der Waals surface area contributed by atoms with Crippen molar-refractivity contribution in [2.45, 2.75) is 148 Å². The lowest BCUT2D eigenvalue weighted by molar-refractivity contribution is -0.356. The minimum absolute atomic E-state index is 0.00149. The second kappa shape index (κ2) is 15.0. The number of ether oxygens (including phenoxy) is 3. The molecule has 10 nitrogen and oxygen atoms in total. The standard InChI is InChI=1S/C49H70O10/c1-44(27-50)19-21-48(43(55)56)22-20-46(3)32(34(48)24-44)17-18-36-47(46,4)23-30-15-16-33-39(57-25-29-11-7-5-8-12-29)41(59-42-38(54)37(53)35(52)26-58-42)45(2,28-51)40(30)49(33,36)31-13-9-6-10-14-31/h5,7-8,11-12,15-17,30-31,33-42,50-54H,6,9-10,13-14,18-28H2,1-4H3,(H,55,56). The van der Waals surface area contributed by atoms with Gasteiger partial charge in [-0.15, -0.1) is 0 Å². The largest absolute Gasteiger partial charge is 0.481 e. The maximum atomic E-state index is 13.4. The quantitative estimate of drug-likeness (QED) is 0.121. The van der Waals surface area contributed by atoms with E-state index < -0.39 is 53.6 Å². The molecule has 17 unspecified atom stereocenters. The monoisotopic (exact) mass is 818 g/mol. The normalized spacial score (nSPS) is 50.5. The maximum absolute atomic E-state index is 13.4. The Hall–Kier alpha value is -2.15. The molecule has 1 saturated heterocycles. The van der Waals surface area contributed by atoms with Crippen molar-refractivity contribution in [3.8, 4) is 0 Å². The number of hydrogen-bond donors (Lipinski definition) is 6. The highest BCUT2D eigenvalue weighted by atomic mass is 16.7. The number of allylic oxidation sites excluding steroid dienone is 3. The molecule has 1 heterocycles. The topological polar surface area (TPSA) is 166 Å². The molecule has 1 aromatic carbocycles. The molecule has 9 rings (SSSR count). The molecule has 0 aromatic heterocycles. The Labute approximate surface area is 350 Å². The SMILES string of the molecule is CC1(CO)CCC2(C(=O)O)CCC3(C)C(=CCC4C5(C6CCCCC6)C6C=CC(CC43C)C5C(C)(CO)C(OC3OCC(O)C(O)C3O)C6OCc3ccccc3)C2C1. The Kier molecular flexibility index (Phi) is 10.7. The molecule has 7 aliphatic carbocycles. The summed E-state index contributed by atoms with van der Waals surface area (Å²) >= 11 is 0. The van der Waals surface area contributed by atoms with Crippen LogP contribution in [0.3, 0.4) is 0 Å². The van der Waals surface area contributed by atoms with Crippen LogP contribution in [-0.2, 0) is 25.6 Å². The third-order valence-electron chi connectivity index (χ3n) is 19.1. The zero-order valence-electron chi connectivity index (χ0n) is 35.7. The summed E-state index contributed by atoms with van der Waals surface area (Å²) in [7, 11) is 0. The van der Waals surface area contributed by atoms with Crippen LogP contribution in [0.4, 0.5) is 0 Å². The summed E-state index contributed by atoms with van der Waals surface area (Å²) in [4.78, 5) is 13.4. The first-order valence-corrected chi connectivity index (χ1v) is 22.9. The van der Waals surface area contributed by atoms with E-state index in [4.69, 9.17) is 14.2 Å². The van der Waals surface area contributed by atoms with E-state index in [1.165, 1.54) is 12.0 Å². The van der Waals surface area contributed by atoms with Crippen LogP contribution in [0, 0.1) is 68.0 Å². The van der Waals surface area contributed by atoms with Crippen LogP contribution >= 0.6 is 0 Å². The van der Waals surface area contributed by atoms with Crippen molar-refractivity contribution in [3.05, 3.63) is 59.7 Å². The Balaban J connectivity index is 1.21. The van der Waals surface area contributed by atoms with Crippen molar-refractivity contribution >= 4 is 5.97 Å². The number of benzene rings is 1. The number of aliphatic carboxylic acids is 1. The van der Waals surface area contributed by atoms with Crippen LogP contribution in [0.5, 0.6) is 0 Å². The first kappa shape index (κ1) is 42.2. The van der Waals surface area contributed by atoms with Gasteiger partial charge in [0.1, 0.15) is 18.3 Å². The van der Waals surface area contributed by atoms with Crippen molar-refractivity contribution in [1.29, 1.82) is 0 Å². The lowest BCUT2D eigenvalue weighted by Crippen LogP contribution is -2.77. The van der Waals surface area contributed by atoms with Gasteiger partial charge in [0.05, 0.1) is 37.4 Å². The van der Waals surface area contributed by atoms with Crippen LogP contribution in [0.1, 0.15) is 110 Å². The first-order chi connectivity index (χ1) is 28.1. The van der Waals surface area contributed by atoms with Crippen LogP contribution < -0.4 is 0 Å². The summed E-state index contributed by atoms with van der Waals surface area (Å²) in [5.41, 5.74) is -0.432. The highest BCUT2D eigenvalue weighted by Gasteiger charge is 2.78. The zero-order chi connectivity index (χ0) is 41.8. The fourth-order valence-electron chi connectivity index (χ4n) is 16.0. The highest BCUT2D eigenvalue weighted by molar-refractivity contribution is 5.76. The van der Waals surface area contributed by atoms with Crippen LogP contribution in [0.2, 0.25) is 0 Å². The lowest BCUT2D eigenvalue weighted by atomic mass is 9.27. The smallest absolute Gasteiger partial charge is 0.310 e. The van der Waals surface area contributed by atoms with Gasteiger partial charge in [0.2, 0.25) is 0 Å². The van der Waals surface area contributed by atoms with E-state index in [2.05, 4.69) is 58.1 Å². The number of fused-ring (bicyclic) bond motifs is 5. The molecule has 0 amide bonds. The van der Waals surface area contributed by atoms with E-state index >= 15 is 0 Å². The summed E-state index contributed by atoms with van der Waals surface area (Å²) in [6.45, 7) is 9.32. The number of aliphatic hydroxyl groups excluding tert-OH is 5. The van der Waals surface area contributed by atoms with Gasteiger partial charge >= 0.3 is 5.97 Å². The Morgan fingerprint density at radius 3 is 2.31 bits per heavy atom. The first-order valence-electron chi connectivity index (χ1n) is 22.9. The van der Waals surface area contributed by atoms with Gasteiger partial charge in [0, 0.05) is 17.9 Å². The second-order valence-corrected chi connectivity index (χ2v) is 21.7. The number of rotatable bonds is 9. The van der Waals surface area contributed by atoms with E-state index in [9.17, 15) is 35.4 Å². The molecule has 326 valence electrons. The summed E-state index contributed by atoms with van der Waals surface area (Å²) in [6, 6.07) is 10.1. The number of hydrogen-bond acceptors (Lipinski definition) is 9. The van der Waals surface area contributed by atoms with Gasteiger partial charge in [-0.2, -0.15) is 0 Å². The maximum Gasteiger partial charge on any atom is 0.310 e. The fraction of sp³-hybridized carbons (Fsp3) is 0.776. The average Bonchev–Trinajstić information content (AvgIpc) is 3.23.